The fourth-order valence-corrected chi connectivity index (χ4v) is 5.34. The third-order valence-electron chi connectivity index (χ3n) is 7.59. The molecule has 0 aliphatic carbocycles. The van der Waals surface area contributed by atoms with Crippen molar-refractivity contribution in [3.8, 4) is 0 Å². The summed E-state index contributed by atoms with van der Waals surface area (Å²) in [4.78, 5) is 81.0. The first kappa shape index (κ1) is 30.9. The lowest BCUT2D eigenvalue weighted by atomic mass is 10.0. The van der Waals surface area contributed by atoms with Crippen LogP contribution in [0.4, 0.5) is 9.59 Å². The molecule has 0 bridgehead atoms. The average Bonchev–Trinajstić information content (AvgIpc) is 3.32. The number of nitrogens with zero attached hydrogens (tertiary/aromatic N) is 3. The van der Waals surface area contributed by atoms with Gasteiger partial charge in [-0.2, -0.15) is 0 Å². The van der Waals surface area contributed by atoms with Crippen LogP contribution in [0.15, 0.2) is 84.9 Å². The SMILES string of the molecule is CC(=O)[C@@H]1CCCN(C(=O)OCc2ccccc2)N1C(=O)[C@H](CNC(=O)OCc1ccccc1)N1C(=O)c2ccccc2C1=O. The molecular weight excluding hydrogens is 580 g/mol. The number of nitrogens with one attached hydrogen (secondary N) is 1. The molecule has 1 saturated heterocycles. The number of alkyl carbamates (subject to hydrolysis) is 1. The van der Waals surface area contributed by atoms with Crippen LogP contribution in [-0.2, 0) is 32.3 Å². The zero-order chi connectivity index (χ0) is 31.9. The molecular formula is C33H32N4O8. The van der Waals surface area contributed by atoms with Gasteiger partial charge in [-0.05, 0) is 43.0 Å². The Morgan fingerprint density at radius 1 is 0.800 bits per heavy atom. The van der Waals surface area contributed by atoms with Crippen LogP contribution in [0, 0.1) is 0 Å². The van der Waals surface area contributed by atoms with Crippen molar-refractivity contribution in [3.05, 3.63) is 107 Å². The molecule has 2 aliphatic heterocycles. The number of amides is 5. The standard InChI is InChI=1S/C33H32N4O8/c1-22(38)27-17-10-18-35(33(43)45-21-24-13-6-3-7-14-24)37(27)31(41)28(19-34-32(42)44-20-23-11-4-2-5-12-23)36-29(39)25-15-8-9-16-26(25)30(36)40/h2-9,11-16,27-28H,10,17-21H2,1H3,(H,34,42)/t27-,28-/m0/s1. The van der Waals surface area contributed by atoms with Crippen LogP contribution in [0.1, 0.15) is 51.6 Å². The lowest BCUT2D eigenvalue weighted by molar-refractivity contribution is -0.165. The van der Waals surface area contributed by atoms with E-state index in [4.69, 9.17) is 9.47 Å². The molecule has 0 radical (unpaired) electrons. The molecule has 0 saturated carbocycles. The number of hydrazine groups is 1. The summed E-state index contributed by atoms with van der Waals surface area (Å²) >= 11 is 0. The number of fused-ring (bicyclic) bond motifs is 1. The van der Waals surface area contributed by atoms with Gasteiger partial charge in [-0.15, -0.1) is 0 Å². The van der Waals surface area contributed by atoms with Gasteiger partial charge in [0.2, 0.25) is 0 Å². The van der Waals surface area contributed by atoms with Gasteiger partial charge in [0.15, 0.2) is 5.78 Å². The lowest BCUT2D eigenvalue weighted by Crippen LogP contribution is -2.65. The Morgan fingerprint density at radius 2 is 1.33 bits per heavy atom. The van der Waals surface area contributed by atoms with Crippen LogP contribution in [0.3, 0.4) is 0 Å². The van der Waals surface area contributed by atoms with Crippen LogP contribution < -0.4 is 5.32 Å². The van der Waals surface area contributed by atoms with Crippen molar-refractivity contribution >= 4 is 35.7 Å². The van der Waals surface area contributed by atoms with Gasteiger partial charge in [0.05, 0.1) is 17.7 Å². The number of Topliss-reactive ketones (excluding diaryl/α,β-unsaturated/α-hetero) is 1. The Balaban J connectivity index is 1.41. The highest BCUT2D eigenvalue weighted by molar-refractivity contribution is 6.23. The number of carbonyl (C=O) groups is 6. The van der Waals surface area contributed by atoms with Crippen molar-refractivity contribution in [1.29, 1.82) is 0 Å². The summed E-state index contributed by atoms with van der Waals surface area (Å²) in [6.45, 7) is 0.661. The Bertz CT molecular complexity index is 1560. The summed E-state index contributed by atoms with van der Waals surface area (Å²) in [6, 6.07) is 21.3. The van der Waals surface area contributed by atoms with E-state index in [1.807, 2.05) is 12.1 Å². The van der Waals surface area contributed by atoms with Crippen molar-refractivity contribution in [1.82, 2.24) is 20.2 Å². The maximum absolute atomic E-state index is 14.4. The van der Waals surface area contributed by atoms with Gasteiger partial charge >= 0.3 is 12.2 Å². The van der Waals surface area contributed by atoms with E-state index >= 15 is 0 Å². The molecule has 2 aliphatic rings. The summed E-state index contributed by atoms with van der Waals surface area (Å²) < 4.78 is 10.8. The molecule has 0 spiro atoms. The van der Waals surface area contributed by atoms with E-state index in [9.17, 15) is 28.8 Å². The van der Waals surface area contributed by atoms with E-state index in [0.717, 1.165) is 20.5 Å². The van der Waals surface area contributed by atoms with Crippen LogP contribution in [0.2, 0.25) is 0 Å². The summed E-state index contributed by atoms with van der Waals surface area (Å²) in [7, 11) is 0. The van der Waals surface area contributed by atoms with Gasteiger partial charge in [0.1, 0.15) is 25.3 Å². The quantitative estimate of drug-likeness (QED) is 0.361. The monoisotopic (exact) mass is 612 g/mol. The number of ether oxygens (including phenoxy) is 2. The first-order chi connectivity index (χ1) is 21.8. The van der Waals surface area contributed by atoms with E-state index in [1.165, 1.54) is 19.1 Å². The fraction of sp³-hybridized carbons (Fsp3) is 0.273. The van der Waals surface area contributed by atoms with Crippen molar-refractivity contribution in [2.45, 2.75) is 45.1 Å². The zero-order valence-electron chi connectivity index (χ0n) is 24.6. The van der Waals surface area contributed by atoms with Gasteiger partial charge in [-0.1, -0.05) is 72.8 Å². The molecule has 1 fully saturated rings. The molecule has 12 heteroatoms. The highest BCUT2D eigenvalue weighted by Gasteiger charge is 2.48. The highest BCUT2D eigenvalue weighted by atomic mass is 16.6. The van der Waals surface area contributed by atoms with E-state index in [2.05, 4.69) is 5.32 Å². The van der Waals surface area contributed by atoms with Gasteiger partial charge in [0, 0.05) is 6.54 Å². The fourth-order valence-electron chi connectivity index (χ4n) is 5.34. The molecule has 2 atom stereocenters. The predicted octanol–water partition coefficient (Wildman–Crippen LogP) is 3.71. The van der Waals surface area contributed by atoms with E-state index in [-0.39, 0.29) is 37.3 Å². The smallest absolute Gasteiger partial charge is 0.429 e. The molecule has 1 N–H and O–H groups in total. The predicted molar refractivity (Wildman–Crippen MR) is 159 cm³/mol. The van der Waals surface area contributed by atoms with Crippen LogP contribution in [0.5, 0.6) is 0 Å². The molecule has 2 heterocycles. The second kappa shape index (κ2) is 13.8. The molecule has 0 aromatic heterocycles. The van der Waals surface area contributed by atoms with Crippen LogP contribution in [0.25, 0.3) is 0 Å². The Hall–Kier alpha value is -5.52. The first-order valence-electron chi connectivity index (χ1n) is 14.5. The topological polar surface area (TPSA) is 143 Å². The normalized spacial score (nSPS) is 16.6. The Morgan fingerprint density at radius 3 is 1.89 bits per heavy atom. The molecule has 5 rings (SSSR count). The van der Waals surface area contributed by atoms with Gasteiger partial charge < -0.3 is 14.8 Å². The number of hydrogen-bond donors (Lipinski definition) is 1. The maximum atomic E-state index is 14.4. The summed E-state index contributed by atoms with van der Waals surface area (Å²) in [5, 5.41) is 4.47. The molecule has 3 aromatic carbocycles. The average molecular weight is 613 g/mol. The summed E-state index contributed by atoms with van der Waals surface area (Å²) in [5.41, 5.74) is 1.62. The van der Waals surface area contributed by atoms with E-state index in [1.54, 1.807) is 60.7 Å². The second-order valence-corrected chi connectivity index (χ2v) is 10.6. The third-order valence-corrected chi connectivity index (χ3v) is 7.59. The van der Waals surface area contributed by atoms with Gasteiger partial charge in [0.25, 0.3) is 17.7 Å². The largest absolute Gasteiger partial charge is 0.445 e. The van der Waals surface area contributed by atoms with Crippen molar-refractivity contribution < 1.29 is 38.2 Å². The number of rotatable bonds is 9. The van der Waals surface area contributed by atoms with Crippen LogP contribution >= 0.6 is 0 Å². The Labute approximate surface area is 259 Å². The van der Waals surface area contributed by atoms with Crippen molar-refractivity contribution in [3.63, 3.8) is 0 Å². The van der Waals surface area contributed by atoms with Crippen molar-refractivity contribution in [2.24, 2.45) is 0 Å². The molecule has 0 unspecified atom stereocenters. The number of carbonyl (C=O) groups excluding carboxylic acids is 6. The first-order valence-corrected chi connectivity index (χ1v) is 14.5. The third kappa shape index (κ3) is 6.85. The van der Waals surface area contributed by atoms with Gasteiger partial charge in [-0.25, -0.2) is 19.6 Å². The molecule has 232 valence electrons. The lowest BCUT2D eigenvalue weighted by Gasteiger charge is -2.44. The van der Waals surface area contributed by atoms with Crippen molar-refractivity contribution in [2.75, 3.05) is 13.1 Å². The second-order valence-electron chi connectivity index (χ2n) is 10.6. The molecule has 5 amide bonds. The minimum Gasteiger partial charge on any atom is -0.445 e. The Kier molecular flexibility index (Phi) is 9.51. The van der Waals surface area contributed by atoms with Gasteiger partial charge in [-0.3, -0.25) is 24.1 Å². The zero-order valence-corrected chi connectivity index (χ0v) is 24.6. The summed E-state index contributed by atoms with van der Waals surface area (Å²) in [6.07, 6.45) is -1.13. The molecule has 45 heavy (non-hydrogen) atoms. The number of imide groups is 1. The number of hydrogen-bond acceptors (Lipinski definition) is 8. The number of ketones is 1. The number of benzene rings is 3. The highest BCUT2D eigenvalue weighted by Crippen LogP contribution is 2.28. The minimum atomic E-state index is -1.62. The molecule has 12 nitrogen and oxygen atoms in total. The molecule has 3 aromatic rings. The van der Waals surface area contributed by atoms with E-state index < -0.39 is 54.3 Å². The maximum Gasteiger partial charge on any atom is 0.429 e. The van der Waals surface area contributed by atoms with Crippen LogP contribution in [-0.4, -0.2) is 75.8 Å². The summed E-state index contributed by atoms with van der Waals surface area (Å²) in [5.74, 6) is -2.81. The van der Waals surface area contributed by atoms with E-state index in [0.29, 0.717) is 12.0 Å². The minimum absolute atomic E-state index is 0.0462.